The van der Waals surface area contributed by atoms with Crippen LogP contribution in [0.4, 0.5) is 5.69 Å². The fourth-order valence-electron chi connectivity index (χ4n) is 1.90. The molecule has 0 bridgehead atoms. The van der Waals surface area contributed by atoms with Crippen molar-refractivity contribution in [1.29, 1.82) is 0 Å². The number of rotatable bonds is 6. The van der Waals surface area contributed by atoms with Gasteiger partial charge in [-0.1, -0.05) is 30.3 Å². The third-order valence-corrected chi connectivity index (χ3v) is 3.33. The van der Waals surface area contributed by atoms with Crippen LogP contribution in [0.15, 0.2) is 53.3 Å². The first-order valence-electron chi connectivity index (χ1n) is 6.48. The number of pyridine rings is 1. The Kier molecular flexibility index (Phi) is 5.71. The number of halogens is 1. The molecule has 0 aliphatic heterocycles. The van der Waals surface area contributed by atoms with E-state index >= 15 is 0 Å². The first kappa shape index (κ1) is 15.5. The molecule has 21 heavy (non-hydrogen) atoms. The Balaban J connectivity index is 2.13. The number of benzene rings is 1. The second kappa shape index (κ2) is 7.75. The van der Waals surface area contributed by atoms with Gasteiger partial charge in [0.05, 0.1) is 17.9 Å². The Morgan fingerprint density at radius 1 is 1.29 bits per heavy atom. The number of carbonyl (C=O) groups excluding carboxylic acids is 1. The second-order valence-corrected chi connectivity index (χ2v) is 5.38. The van der Waals surface area contributed by atoms with Gasteiger partial charge in [-0.15, -0.1) is 0 Å². The van der Waals surface area contributed by atoms with E-state index in [-0.39, 0.29) is 6.04 Å². The quantitative estimate of drug-likeness (QED) is 0.746. The number of nitrogens with zero attached hydrogens (tertiary/aromatic N) is 1. The van der Waals surface area contributed by atoms with Crippen molar-refractivity contribution >= 4 is 27.5 Å². The maximum Gasteiger partial charge on any atom is 0.245 e. The van der Waals surface area contributed by atoms with Crippen molar-refractivity contribution in [2.45, 2.75) is 6.04 Å². The van der Waals surface area contributed by atoms with Crippen molar-refractivity contribution < 1.29 is 9.90 Å². The molecule has 0 saturated carbocycles. The summed E-state index contributed by atoms with van der Waals surface area (Å²) in [6.07, 6.45) is 3.42. The van der Waals surface area contributed by atoms with Crippen LogP contribution < -0.4 is 10.6 Å². The topological polar surface area (TPSA) is 74.2 Å². The summed E-state index contributed by atoms with van der Waals surface area (Å²) in [6, 6.07) is 11.6. The van der Waals surface area contributed by atoms with Gasteiger partial charge in [0.25, 0.3) is 0 Å². The summed E-state index contributed by atoms with van der Waals surface area (Å²) in [5.41, 5.74) is 1.88. The van der Waals surface area contributed by atoms with E-state index in [2.05, 4.69) is 31.5 Å². The molecule has 0 radical (unpaired) electrons. The van der Waals surface area contributed by atoms with E-state index in [1.54, 1.807) is 12.4 Å². The average Bonchev–Trinajstić information content (AvgIpc) is 2.52. The van der Waals surface area contributed by atoms with Crippen LogP contribution in [0, 0.1) is 0 Å². The largest absolute Gasteiger partial charge is 0.387 e. The fraction of sp³-hybridized carbons (Fsp3) is 0.200. The van der Waals surface area contributed by atoms with E-state index in [4.69, 9.17) is 5.11 Å². The molecule has 1 atom stereocenters. The lowest BCUT2D eigenvalue weighted by Crippen LogP contribution is -2.33. The summed E-state index contributed by atoms with van der Waals surface area (Å²) < 4.78 is 0.874. The summed E-state index contributed by atoms with van der Waals surface area (Å²) >= 11 is 3.38. The zero-order chi connectivity index (χ0) is 15.1. The fourth-order valence-corrected chi connectivity index (χ4v) is 2.27. The van der Waals surface area contributed by atoms with Gasteiger partial charge >= 0.3 is 0 Å². The third kappa shape index (κ3) is 4.84. The number of nitrogens with one attached hydrogen (secondary N) is 2. The van der Waals surface area contributed by atoms with Crippen LogP contribution in [0.25, 0.3) is 0 Å². The lowest BCUT2D eigenvalue weighted by Gasteiger charge is -2.20. The number of hydrogen-bond donors (Lipinski definition) is 3. The minimum atomic E-state index is -0.514. The molecule has 0 spiro atoms. The maximum atomic E-state index is 11.2. The Morgan fingerprint density at radius 3 is 2.71 bits per heavy atom. The van der Waals surface area contributed by atoms with Crippen molar-refractivity contribution in [2.75, 3.05) is 18.5 Å². The minimum Gasteiger partial charge on any atom is -0.387 e. The van der Waals surface area contributed by atoms with Crippen LogP contribution in [-0.2, 0) is 4.79 Å². The molecular formula is C15H16BrN3O2. The molecule has 0 aliphatic carbocycles. The molecule has 3 N–H and O–H groups in total. The van der Waals surface area contributed by atoms with E-state index in [0.29, 0.717) is 6.54 Å². The monoisotopic (exact) mass is 349 g/mol. The van der Waals surface area contributed by atoms with Crippen molar-refractivity contribution in [3.05, 3.63) is 58.8 Å². The molecule has 1 heterocycles. The van der Waals surface area contributed by atoms with E-state index in [1.165, 1.54) is 0 Å². The van der Waals surface area contributed by atoms with Gasteiger partial charge in [-0.25, -0.2) is 0 Å². The number of hydrogen-bond acceptors (Lipinski definition) is 4. The highest BCUT2D eigenvalue weighted by Gasteiger charge is 2.12. The van der Waals surface area contributed by atoms with E-state index < -0.39 is 12.5 Å². The number of anilines is 1. The van der Waals surface area contributed by atoms with Gasteiger partial charge in [-0.3, -0.25) is 9.78 Å². The Morgan fingerprint density at radius 2 is 2.05 bits per heavy atom. The highest BCUT2D eigenvalue weighted by atomic mass is 79.9. The highest BCUT2D eigenvalue weighted by Crippen LogP contribution is 2.20. The smallest absolute Gasteiger partial charge is 0.245 e. The van der Waals surface area contributed by atoms with E-state index in [9.17, 15) is 4.79 Å². The number of amides is 1. The van der Waals surface area contributed by atoms with Crippen LogP contribution in [0.3, 0.4) is 0 Å². The summed E-state index contributed by atoms with van der Waals surface area (Å²) in [5, 5.41) is 14.8. The van der Waals surface area contributed by atoms with Crippen LogP contribution in [0.2, 0.25) is 0 Å². The number of aromatic nitrogens is 1. The van der Waals surface area contributed by atoms with Gasteiger partial charge in [0, 0.05) is 17.2 Å². The molecule has 0 fully saturated rings. The predicted molar refractivity (Wildman–Crippen MR) is 84.8 cm³/mol. The lowest BCUT2D eigenvalue weighted by molar-refractivity contribution is -0.123. The molecule has 0 aliphatic rings. The first-order chi connectivity index (χ1) is 10.2. The molecule has 2 rings (SSSR count). The van der Waals surface area contributed by atoms with Crippen molar-refractivity contribution in [3.63, 3.8) is 0 Å². The van der Waals surface area contributed by atoms with Crippen LogP contribution in [0.1, 0.15) is 11.6 Å². The Labute approximate surface area is 131 Å². The number of aliphatic hydroxyl groups excluding tert-OH is 1. The van der Waals surface area contributed by atoms with Gasteiger partial charge in [-0.05, 0) is 27.6 Å². The minimum absolute atomic E-state index is 0.113. The van der Waals surface area contributed by atoms with Crippen LogP contribution in [0.5, 0.6) is 0 Å². The van der Waals surface area contributed by atoms with Gasteiger partial charge in [0.15, 0.2) is 0 Å². The second-order valence-electron chi connectivity index (χ2n) is 4.46. The molecule has 110 valence electrons. The standard InChI is InChI=1S/C15H16BrN3O2/c16-12-6-13(8-17-7-12)19-14(9-18-15(21)10-20)11-4-2-1-3-5-11/h1-8,14,19-20H,9-10H2,(H,18,21)/t14-/m1/s1. The zero-order valence-corrected chi connectivity index (χ0v) is 12.9. The van der Waals surface area contributed by atoms with Gasteiger partial charge < -0.3 is 15.7 Å². The SMILES string of the molecule is O=C(CO)NC[C@@H](Nc1cncc(Br)c1)c1ccccc1. The number of aliphatic hydroxyl groups is 1. The lowest BCUT2D eigenvalue weighted by atomic mass is 10.1. The summed E-state index contributed by atoms with van der Waals surface area (Å²) in [5.74, 6) is -0.398. The molecule has 0 unspecified atom stereocenters. The number of carbonyl (C=O) groups is 1. The molecular weight excluding hydrogens is 334 g/mol. The predicted octanol–water partition coefficient (Wildman–Crippen LogP) is 2.11. The normalized spacial score (nSPS) is 11.7. The van der Waals surface area contributed by atoms with Crippen molar-refractivity contribution in [2.24, 2.45) is 0 Å². The molecule has 6 heteroatoms. The van der Waals surface area contributed by atoms with E-state index in [1.807, 2.05) is 36.4 Å². The molecule has 0 saturated heterocycles. The molecule has 1 aromatic carbocycles. The van der Waals surface area contributed by atoms with Gasteiger partial charge in [0.2, 0.25) is 5.91 Å². The first-order valence-corrected chi connectivity index (χ1v) is 7.28. The average molecular weight is 350 g/mol. The van der Waals surface area contributed by atoms with Crippen LogP contribution >= 0.6 is 15.9 Å². The molecule has 5 nitrogen and oxygen atoms in total. The molecule has 1 amide bonds. The van der Waals surface area contributed by atoms with Crippen molar-refractivity contribution in [1.82, 2.24) is 10.3 Å². The molecule has 1 aromatic heterocycles. The molecule has 2 aromatic rings. The zero-order valence-electron chi connectivity index (χ0n) is 11.3. The Bertz CT molecular complexity index is 592. The highest BCUT2D eigenvalue weighted by molar-refractivity contribution is 9.10. The van der Waals surface area contributed by atoms with Crippen molar-refractivity contribution in [3.8, 4) is 0 Å². The third-order valence-electron chi connectivity index (χ3n) is 2.89. The van der Waals surface area contributed by atoms with Gasteiger partial charge in [0.1, 0.15) is 6.61 Å². The van der Waals surface area contributed by atoms with E-state index in [0.717, 1.165) is 15.7 Å². The van der Waals surface area contributed by atoms with Crippen LogP contribution in [-0.4, -0.2) is 29.1 Å². The summed E-state index contributed by atoms with van der Waals surface area (Å²) in [6.45, 7) is -0.143. The summed E-state index contributed by atoms with van der Waals surface area (Å²) in [7, 11) is 0. The summed E-state index contributed by atoms with van der Waals surface area (Å²) in [4.78, 5) is 15.4. The van der Waals surface area contributed by atoms with Gasteiger partial charge in [-0.2, -0.15) is 0 Å². The Hall–Kier alpha value is -1.92. The maximum absolute atomic E-state index is 11.2.